The van der Waals surface area contributed by atoms with Gasteiger partial charge in [-0.2, -0.15) is 0 Å². The minimum absolute atomic E-state index is 0.799. The van der Waals surface area contributed by atoms with Crippen LogP contribution in [0.3, 0.4) is 0 Å². The molecule has 2 aliphatic carbocycles. The molecule has 70 valence electrons. The Balaban J connectivity index is 1.69. The van der Waals surface area contributed by atoms with Crippen molar-refractivity contribution in [3.63, 3.8) is 0 Å². The minimum Gasteiger partial charge on any atom is -0.311 e. The molecule has 12 heavy (non-hydrogen) atoms. The van der Waals surface area contributed by atoms with Gasteiger partial charge >= 0.3 is 0 Å². The quantitative estimate of drug-likeness (QED) is 0.681. The lowest BCUT2D eigenvalue weighted by Gasteiger charge is -2.26. The molecular weight excluding hydrogens is 146 g/mol. The van der Waals surface area contributed by atoms with Gasteiger partial charge in [0, 0.05) is 12.1 Å². The number of hydrogen-bond acceptors (Lipinski definition) is 1. The van der Waals surface area contributed by atoms with Crippen LogP contribution in [0.2, 0.25) is 0 Å². The molecule has 0 aromatic carbocycles. The van der Waals surface area contributed by atoms with Gasteiger partial charge < -0.3 is 5.32 Å². The Labute approximate surface area is 75.9 Å². The van der Waals surface area contributed by atoms with E-state index in [0.29, 0.717) is 0 Å². The number of rotatable bonds is 3. The van der Waals surface area contributed by atoms with E-state index in [1.165, 1.54) is 44.9 Å². The van der Waals surface area contributed by atoms with Crippen LogP contribution in [-0.4, -0.2) is 12.1 Å². The molecule has 0 bridgehead atoms. The first-order valence-electron chi connectivity index (χ1n) is 5.62. The molecule has 0 radical (unpaired) electrons. The van der Waals surface area contributed by atoms with Gasteiger partial charge in [-0.15, -0.1) is 0 Å². The average molecular weight is 167 g/mol. The lowest BCUT2D eigenvalue weighted by molar-refractivity contribution is 0.330. The fourth-order valence-electron chi connectivity index (χ4n) is 2.37. The van der Waals surface area contributed by atoms with Crippen molar-refractivity contribution >= 4 is 0 Å². The zero-order chi connectivity index (χ0) is 8.39. The van der Waals surface area contributed by atoms with Crippen molar-refractivity contribution in [3.05, 3.63) is 0 Å². The zero-order valence-electron chi connectivity index (χ0n) is 8.18. The van der Waals surface area contributed by atoms with E-state index in [1.807, 2.05) is 0 Å². The van der Waals surface area contributed by atoms with Gasteiger partial charge in [0.15, 0.2) is 0 Å². The highest BCUT2D eigenvalue weighted by molar-refractivity contribution is 4.86. The summed E-state index contributed by atoms with van der Waals surface area (Å²) < 4.78 is 0. The molecule has 0 aromatic rings. The molecule has 0 heterocycles. The average Bonchev–Trinajstić information content (AvgIpc) is 2.88. The van der Waals surface area contributed by atoms with Crippen LogP contribution in [0.25, 0.3) is 0 Å². The van der Waals surface area contributed by atoms with E-state index in [2.05, 4.69) is 12.2 Å². The van der Waals surface area contributed by atoms with E-state index in [0.717, 1.165) is 18.0 Å². The number of hydrogen-bond donors (Lipinski definition) is 1. The minimum atomic E-state index is 0.799. The van der Waals surface area contributed by atoms with Crippen LogP contribution < -0.4 is 5.32 Å². The van der Waals surface area contributed by atoms with Crippen molar-refractivity contribution < 1.29 is 0 Å². The fourth-order valence-corrected chi connectivity index (χ4v) is 2.37. The molecule has 0 unspecified atom stereocenters. The highest BCUT2D eigenvalue weighted by Crippen LogP contribution is 2.33. The summed E-state index contributed by atoms with van der Waals surface area (Å²) in [4.78, 5) is 0. The van der Waals surface area contributed by atoms with Crippen LogP contribution in [-0.2, 0) is 0 Å². The number of nitrogens with one attached hydrogen (secondary N) is 1. The smallest absolute Gasteiger partial charge is 0.00696 e. The predicted octanol–water partition coefficient (Wildman–Crippen LogP) is 2.71. The first-order valence-corrected chi connectivity index (χ1v) is 5.62. The van der Waals surface area contributed by atoms with Crippen molar-refractivity contribution in [3.8, 4) is 0 Å². The molecule has 2 aliphatic rings. The summed E-state index contributed by atoms with van der Waals surface area (Å²) >= 11 is 0. The molecule has 1 heteroatoms. The van der Waals surface area contributed by atoms with Crippen LogP contribution in [0.5, 0.6) is 0 Å². The molecule has 2 saturated carbocycles. The molecule has 1 N–H and O–H groups in total. The summed E-state index contributed by atoms with van der Waals surface area (Å²) in [6.07, 6.45) is 10.2. The lowest BCUT2D eigenvalue weighted by atomic mass is 9.94. The van der Waals surface area contributed by atoms with E-state index >= 15 is 0 Å². The highest BCUT2D eigenvalue weighted by atomic mass is 15.0. The van der Waals surface area contributed by atoms with E-state index in [4.69, 9.17) is 0 Å². The molecule has 0 amide bonds. The third-order valence-corrected chi connectivity index (χ3v) is 3.43. The standard InChI is InChI=1S/C11H21N/c1-9(10-7-8-10)12-11-5-3-2-4-6-11/h9-12H,2-8H2,1H3/t9-/m0/s1. The second-order valence-electron chi connectivity index (χ2n) is 4.63. The monoisotopic (exact) mass is 167 g/mol. The van der Waals surface area contributed by atoms with Gasteiger partial charge in [0.2, 0.25) is 0 Å². The first-order chi connectivity index (χ1) is 5.86. The van der Waals surface area contributed by atoms with Crippen molar-refractivity contribution in [2.75, 3.05) is 0 Å². The maximum absolute atomic E-state index is 3.78. The molecule has 0 aromatic heterocycles. The van der Waals surface area contributed by atoms with Crippen molar-refractivity contribution in [1.82, 2.24) is 5.32 Å². The highest BCUT2D eigenvalue weighted by Gasteiger charge is 2.29. The second-order valence-corrected chi connectivity index (χ2v) is 4.63. The van der Waals surface area contributed by atoms with E-state index in [1.54, 1.807) is 0 Å². The Hall–Kier alpha value is -0.0400. The fraction of sp³-hybridized carbons (Fsp3) is 1.00. The third kappa shape index (κ3) is 2.22. The van der Waals surface area contributed by atoms with Gasteiger partial charge in [-0.25, -0.2) is 0 Å². The summed E-state index contributed by atoms with van der Waals surface area (Å²) in [7, 11) is 0. The van der Waals surface area contributed by atoms with Gasteiger partial charge in [-0.05, 0) is 38.5 Å². The maximum Gasteiger partial charge on any atom is 0.00696 e. The summed E-state index contributed by atoms with van der Waals surface area (Å²) in [6, 6.07) is 1.66. The Morgan fingerprint density at radius 1 is 1.00 bits per heavy atom. The summed E-state index contributed by atoms with van der Waals surface area (Å²) in [5.41, 5.74) is 0. The SMILES string of the molecule is C[C@H](NC1CCCCC1)C1CC1. The third-order valence-electron chi connectivity index (χ3n) is 3.43. The van der Waals surface area contributed by atoms with Crippen molar-refractivity contribution in [2.45, 2.75) is 64.0 Å². The molecule has 2 rings (SSSR count). The lowest BCUT2D eigenvalue weighted by Crippen LogP contribution is -2.38. The summed E-state index contributed by atoms with van der Waals surface area (Å²) in [5, 5.41) is 3.78. The molecular formula is C11H21N. The Kier molecular flexibility index (Phi) is 2.69. The molecule has 1 nitrogen and oxygen atoms in total. The Morgan fingerprint density at radius 3 is 2.25 bits per heavy atom. The van der Waals surface area contributed by atoms with Gasteiger partial charge in [0.25, 0.3) is 0 Å². The van der Waals surface area contributed by atoms with Crippen LogP contribution in [0, 0.1) is 5.92 Å². The van der Waals surface area contributed by atoms with Gasteiger partial charge in [-0.3, -0.25) is 0 Å². The van der Waals surface area contributed by atoms with Crippen LogP contribution >= 0.6 is 0 Å². The summed E-state index contributed by atoms with van der Waals surface area (Å²) in [6.45, 7) is 2.37. The molecule has 0 spiro atoms. The van der Waals surface area contributed by atoms with E-state index in [-0.39, 0.29) is 0 Å². The van der Waals surface area contributed by atoms with Crippen LogP contribution in [0.1, 0.15) is 51.9 Å². The van der Waals surface area contributed by atoms with Gasteiger partial charge in [0.05, 0.1) is 0 Å². The largest absolute Gasteiger partial charge is 0.311 e. The first kappa shape index (κ1) is 8.55. The molecule has 0 aliphatic heterocycles. The van der Waals surface area contributed by atoms with E-state index < -0.39 is 0 Å². The second kappa shape index (κ2) is 3.78. The maximum atomic E-state index is 3.78. The van der Waals surface area contributed by atoms with Crippen LogP contribution in [0.15, 0.2) is 0 Å². The normalized spacial score (nSPS) is 28.8. The zero-order valence-corrected chi connectivity index (χ0v) is 8.18. The molecule has 1 atom stereocenters. The molecule has 0 saturated heterocycles. The summed E-state index contributed by atoms with van der Waals surface area (Å²) in [5.74, 6) is 1.02. The van der Waals surface area contributed by atoms with E-state index in [9.17, 15) is 0 Å². The van der Waals surface area contributed by atoms with Crippen molar-refractivity contribution in [2.24, 2.45) is 5.92 Å². The van der Waals surface area contributed by atoms with Crippen molar-refractivity contribution in [1.29, 1.82) is 0 Å². The predicted molar refractivity (Wildman–Crippen MR) is 52.2 cm³/mol. The van der Waals surface area contributed by atoms with Gasteiger partial charge in [0.1, 0.15) is 0 Å². The molecule has 2 fully saturated rings. The topological polar surface area (TPSA) is 12.0 Å². The van der Waals surface area contributed by atoms with Crippen LogP contribution in [0.4, 0.5) is 0 Å². The Morgan fingerprint density at radius 2 is 1.67 bits per heavy atom. The van der Waals surface area contributed by atoms with Gasteiger partial charge in [-0.1, -0.05) is 19.3 Å². The Bertz CT molecular complexity index is 134.